The molecule has 0 atom stereocenters. The number of hydrogen-bond acceptors (Lipinski definition) is 3. The van der Waals surface area contributed by atoms with Gasteiger partial charge in [0.2, 0.25) is 5.91 Å². The first-order valence-electron chi connectivity index (χ1n) is 5.74. The van der Waals surface area contributed by atoms with Crippen molar-refractivity contribution in [2.45, 2.75) is 13.3 Å². The summed E-state index contributed by atoms with van der Waals surface area (Å²) >= 11 is 0. The van der Waals surface area contributed by atoms with Gasteiger partial charge in [0.1, 0.15) is 0 Å². The molecule has 0 N–H and O–H groups in total. The van der Waals surface area contributed by atoms with Crippen molar-refractivity contribution < 1.29 is 4.79 Å². The van der Waals surface area contributed by atoms with Crippen molar-refractivity contribution in [3.63, 3.8) is 0 Å². The van der Waals surface area contributed by atoms with Crippen molar-refractivity contribution in [1.29, 1.82) is 0 Å². The number of nitrogens with zero attached hydrogens (tertiary/aromatic N) is 3. The van der Waals surface area contributed by atoms with Crippen LogP contribution in [-0.2, 0) is 4.79 Å². The normalized spacial score (nSPS) is 16.3. The van der Waals surface area contributed by atoms with Gasteiger partial charge in [-0.25, -0.2) is 0 Å². The van der Waals surface area contributed by atoms with Crippen LogP contribution < -0.4 is 4.90 Å². The van der Waals surface area contributed by atoms with Crippen molar-refractivity contribution in [3.8, 4) is 0 Å². The van der Waals surface area contributed by atoms with Crippen LogP contribution in [0.5, 0.6) is 0 Å². The number of amides is 1. The lowest BCUT2D eigenvalue weighted by molar-refractivity contribution is -0.131. The maximum absolute atomic E-state index is 11.5. The summed E-state index contributed by atoms with van der Waals surface area (Å²) in [6, 6.07) is 4.00. The van der Waals surface area contributed by atoms with Crippen LogP contribution in [-0.4, -0.2) is 42.0 Å². The van der Waals surface area contributed by atoms with Crippen molar-refractivity contribution in [2.75, 3.05) is 31.1 Å². The van der Waals surface area contributed by atoms with Crippen LogP contribution in [0.25, 0.3) is 0 Å². The lowest BCUT2D eigenvalue weighted by atomic mass is 10.2. The molecule has 1 fully saturated rings. The second-order valence-electron chi connectivity index (χ2n) is 3.93. The summed E-state index contributed by atoms with van der Waals surface area (Å²) in [5.74, 6) is 0.255. The Bertz CT molecular complexity index is 345. The molecule has 0 aliphatic carbocycles. The van der Waals surface area contributed by atoms with E-state index in [9.17, 15) is 4.79 Å². The summed E-state index contributed by atoms with van der Waals surface area (Å²) in [5.41, 5.74) is 1.14. The molecule has 0 radical (unpaired) electrons. The van der Waals surface area contributed by atoms with E-state index >= 15 is 0 Å². The summed E-state index contributed by atoms with van der Waals surface area (Å²) in [6.45, 7) is 5.35. The third-order valence-corrected chi connectivity index (χ3v) is 2.95. The van der Waals surface area contributed by atoms with Crippen LogP contribution in [0, 0.1) is 0 Å². The molecule has 86 valence electrons. The van der Waals surface area contributed by atoms with Crippen molar-refractivity contribution in [1.82, 2.24) is 9.88 Å². The summed E-state index contributed by atoms with van der Waals surface area (Å²) in [4.78, 5) is 19.8. The Morgan fingerprint density at radius 2 is 2.12 bits per heavy atom. The molecule has 1 aromatic rings. The second-order valence-corrected chi connectivity index (χ2v) is 3.93. The number of hydrogen-bond donors (Lipinski definition) is 0. The highest BCUT2D eigenvalue weighted by Gasteiger charge is 2.19. The molecule has 0 saturated carbocycles. The molecule has 16 heavy (non-hydrogen) atoms. The topological polar surface area (TPSA) is 36.4 Å². The molecule has 1 aliphatic heterocycles. The van der Waals surface area contributed by atoms with E-state index < -0.39 is 0 Å². The highest BCUT2D eigenvalue weighted by Crippen LogP contribution is 2.14. The smallest absolute Gasteiger partial charge is 0.222 e. The number of rotatable bonds is 2. The standard InChI is InChI=1S/C12H17N3O/c1-2-12(16)15-8-6-14(7-9-15)11-4-3-5-13-10-11/h3-5,10H,2,6-9H2,1H3. The molecular weight excluding hydrogens is 202 g/mol. The zero-order chi connectivity index (χ0) is 11.4. The van der Waals surface area contributed by atoms with Crippen LogP contribution in [0.4, 0.5) is 5.69 Å². The van der Waals surface area contributed by atoms with Crippen molar-refractivity contribution in [2.24, 2.45) is 0 Å². The molecule has 2 rings (SSSR count). The first-order chi connectivity index (χ1) is 7.81. The third-order valence-electron chi connectivity index (χ3n) is 2.95. The van der Waals surface area contributed by atoms with Crippen LogP contribution >= 0.6 is 0 Å². The number of pyridine rings is 1. The largest absolute Gasteiger partial charge is 0.367 e. The summed E-state index contributed by atoms with van der Waals surface area (Å²) < 4.78 is 0. The van der Waals surface area contributed by atoms with Gasteiger partial charge in [0.25, 0.3) is 0 Å². The zero-order valence-corrected chi connectivity index (χ0v) is 9.59. The van der Waals surface area contributed by atoms with E-state index in [2.05, 4.69) is 16.0 Å². The molecule has 2 heterocycles. The number of anilines is 1. The minimum absolute atomic E-state index is 0.255. The van der Waals surface area contributed by atoms with E-state index in [4.69, 9.17) is 0 Å². The fourth-order valence-corrected chi connectivity index (χ4v) is 1.98. The molecule has 0 bridgehead atoms. The number of aromatic nitrogens is 1. The molecule has 0 aromatic carbocycles. The fraction of sp³-hybridized carbons (Fsp3) is 0.500. The Hall–Kier alpha value is -1.58. The van der Waals surface area contributed by atoms with Gasteiger partial charge in [-0.05, 0) is 12.1 Å². The minimum Gasteiger partial charge on any atom is -0.367 e. The predicted molar refractivity (Wildman–Crippen MR) is 63.3 cm³/mol. The Kier molecular flexibility index (Phi) is 3.39. The lowest BCUT2D eigenvalue weighted by Crippen LogP contribution is -2.48. The summed E-state index contributed by atoms with van der Waals surface area (Å²) in [6.07, 6.45) is 4.25. The Balaban J connectivity index is 1.93. The van der Waals surface area contributed by atoms with E-state index in [1.54, 1.807) is 6.20 Å². The van der Waals surface area contributed by atoms with E-state index in [1.807, 2.05) is 24.1 Å². The van der Waals surface area contributed by atoms with E-state index in [0.29, 0.717) is 6.42 Å². The Labute approximate surface area is 95.9 Å². The molecule has 0 spiro atoms. The molecule has 1 aliphatic rings. The zero-order valence-electron chi connectivity index (χ0n) is 9.59. The van der Waals surface area contributed by atoms with Crippen LogP contribution in [0.3, 0.4) is 0 Å². The molecule has 1 aromatic heterocycles. The average molecular weight is 219 g/mol. The average Bonchev–Trinajstić information content (AvgIpc) is 2.39. The molecule has 0 unspecified atom stereocenters. The van der Waals surface area contributed by atoms with Crippen molar-refractivity contribution in [3.05, 3.63) is 24.5 Å². The highest BCUT2D eigenvalue weighted by atomic mass is 16.2. The van der Waals surface area contributed by atoms with Gasteiger partial charge in [0.15, 0.2) is 0 Å². The molecule has 1 saturated heterocycles. The molecular formula is C12H17N3O. The lowest BCUT2D eigenvalue weighted by Gasteiger charge is -2.35. The summed E-state index contributed by atoms with van der Waals surface area (Å²) in [5, 5.41) is 0. The van der Waals surface area contributed by atoms with Gasteiger partial charge in [-0.1, -0.05) is 6.92 Å². The number of piperazine rings is 1. The van der Waals surface area contributed by atoms with Crippen LogP contribution in [0.1, 0.15) is 13.3 Å². The van der Waals surface area contributed by atoms with Gasteiger partial charge in [0, 0.05) is 38.8 Å². The Morgan fingerprint density at radius 1 is 1.38 bits per heavy atom. The van der Waals surface area contributed by atoms with Crippen LogP contribution in [0.15, 0.2) is 24.5 Å². The minimum atomic E-state index is 0.255. The highest BCUT2D eigenvalue weighted by molar-refractivity contribution is 5.76. The maximum atomic E-state index is 11.5. The number of carbonyl (C=O) groups excluding carboxylic acids is 1. The summed E-state index contributed by atoms with van der Waals surface area (Å²) in [7, 11) is 0. The first-order valence-corrected chi connectivity index (χ1v) is 5.74. The monoisotopic (exact) mass is 219 g/mol. The fourth-order valence-electron chi connectivity index (χ4n) is 1.98. The van der Waals surface area contributed by atoms with Gasteiger partial charge < -0.3 is 9.80 Å². The maximum Gasteiger partial charge on any atom is 0.222 e. The molecule has 4 heteroatoms. The van der Waals surface area contributed by atoms with Crippen LogP contribution in [0.2, 0.25) is 0 Å². The number of carbonyl (C=O) groups is 1. The van der Waals surface area contributed by atoms with Gasteiger partial charge in [-0.2, -0.15) is 0 Å². The molecule has 1 amide bonds. The van der Waals surface area contributed by atoms with E-state index in [0.717, 1.165) is 31.9 Å². The molecule has 4 nitrogen and oxygen atoms in total. The SMILES string of the molecule is CCC(=O)N1CCN(c2cccnc2)CC1. The third kappa shape index (κ3) is 2.32. The quantitative estimate of drug-likeness (QED) is 0.748. The first kappa shape index (κ1) is 10.9. The predicted octanol–water partition coefficient (Wildman–Crippen LogP) is 1.14. The van der Waals surface area contributed by atoms with E-state index in [1.165, 1.54) is 0 Å². The second kappa shape index (κ2) is 4.96. The van der Waals surface area contributed by atoms with Gasteiger partial charge >= 0.3 is 0 Å². The van der Waals surface area contributed by atoms with Crippen molar-refractivity contribution >= 4 is 11.6 Å². The van der Waals surface area contributed by atoms with Gasteiger partial charge in [0.05, 0.1) is 11.9 Å². The van der Waals surface area contributed by atoms with E-state index in [-0.39, 0.29) is 5.91 Å². The Morgan fingerprint density at radius 3 is 2.69 bits per heavy atom. The van der Waals surface area contributed by atoms with Gasteiger partial charge in [-0.15, -0.1) is 0 Å². The van der Waals surface area contributed by atoms with Gasteiger partial charge in [-0.3, -0.25) is 9.78 Å².